The summed E-state index contributed by atoms with van der Waals surface area (Å²) in [7, 11) is 0. The third-order valence-electron chi connectivity index (χ3n) is 2.79. The molecule has 0 saturated heterocycles. The lowest BCUT2D eigenvalue weighted by Gasteiger charge is -2.10. The standard InChI is InChI=1S/C12H12Cl2FNO/c13-9(7-4-5-7)6-16-12(17)8-2-1-3-10(15)11(8)14/h1-3,7,9H,4-6H2,(H,16,17). The molecule has 1 fully saturated rings. The quantitative estimate of drug-likeness (QED) is 0.840. The van der Waals surface area contributed by atoms with Crippen LogP contribution >= 0.6 is 23.2 Å². The largest absolute Gasteiger partial charge is 0.350 e. The average molecular weight is 276 g/mol. The minimum Gasteiger partial charge on any atom is -0.350 e. The van der Waals surface area contributed by atoms with Crippen molar-refractivity contribution in [3.05, 3.63) is 34.6 Å². The van der Waals surface area contributed by atoms with Crippen LogP contribution in [0.4, 0.5) is 4.39 Å². The normalized spacial score (nSPS) is 16.6. The summed E-state index contributed by atoms with van der Waals surface area (Å²) in [4.78, 5) is 11.7. The van der Waals surface area contributed by atoms with E-state index in [0.717, 1.165) is 12.8 Å². The first kappa shape index (κ1) is 12.7. The summed E-state index contributed by atoms with van der Waals surface area (Å²) in [5.74, 6) is -0.482. The summed E-state index contributed by atoms with van der Waals surface area (Å²) >= 11 is 11.8. The van der Waals surface area contributed by atoms with E-state index in [1.807, 2.05) is 0 Å². The molecule has 1 aliphatic carbocycles. The van der Waals surface area contributed by atoms with Crippen molar-refractivity contribution in [2.24, 2.45) is 5.92 Å². The maximum atomic E-state index is 13.1. The Balaban J connectivity index is 1.96. The topological polar surface area (TPSA) is 29.1 Å². The van der Waals surface area contributed by atoms with E-state index in [0.29, 0.717) is 12.5 Å². The molecule has 2 nitrogen and oxygen atoms in total. The maximum Gasteiger partial charge on any atom is 0.252 e. The van der Waals surface area contributed by atoms with Gasteiger partial charge in [0, 0.05) is 6.54 Å². The van der Waals surface area contributed by atoms with Crippen LogP contribution in [0.3, 0.4) is 0 Å². The second-order valence-electron chi connectivity index (χ2n) is 4.16. The lowest BCUT2D eigenvalue weighted by atomic mass is 10.2. The molecule has 5 heteroatoms. The zero-order chi connectivity index (χ0) is 12.4. The Bertz CT molecular complexity index is 435. The van der Waals surface area contributed by atoms with Gasteiger partial charge in [0.1, 0.15) is 5.82 Å². The third-order valence-corrected chi connectivity index (χ3v) is 3.68. The van der Waals surface area contributed by atoms with Crippen LogP contribution in [-0.2, 0) is 0 Å². The molecule has 0 aliphatic heterocycles. The molecule has 1 amide bonds. The molecule has 1 saturated carbocycles. The van der Waals surface area contributed by atoms with Crippen LogP contribution in [0, 0.1) is 11.7 Å². The van der Waals surface area contributed by atoms with Gasteiger partial charge < -0.3 is 5.32 Å². The lowest BCUT2D eigenvalue weighted by molar-refractivity contribution is 0.0952. The summed E-state index contributed by atoms with van der Waals surface area (Å²) in [6.07, 6.45) is 2.23. The molecule has 0 aromatic heterocycles. The van der Waals surface area contributed by atoms with Gasteiger partial charge in [0.05, 0.1) is 16.0 Å². The molecule has 0 spiro atoms. The number of hydrogen-bond acceptors (Lipinski definition) is 1. The second-order valence-corrected chi connectivity index (χ2v) is 5.10. The van der Waals surface area contributed by atoms with E-state index in [9.17, 15) is 9.18 Å². The molecule has 0 heterocycles. The van der Waals surface area contributed by atoms with Crippen LogP contribution in [0.25, 0.3) is 0 Å². The van der Waals surface area contributed by atoms with E-state index in [-0.39, 0.29) is 21.9 Å². The number of rotatable bonds is 4. The first-order valence-electron chi connectivity index (χ1n) is 5.46. The molecule has 1 aromatic carbocycles. The fraction of sp³-hybridized carbons (Fsp3) is 0.417. The summed E-state index contributed by atoms with van der Waals surface area (Å²) in [6, 6.07) is 4.16. The Kier molecular flexibility index (Phi) is 3.89. The highest BCUT2D eigenvalue weighted by atomic mass is 35.5. The van der Waals surface area contributed by atoms with Gasteiger partial charge in [0.2, 0.25) is 0 Å². The Hall–Kier alpha value is -0.800. The van der Waals surface area contributed by atoms with Gasteiger partial charge >= 0.3 is 0 Å². The molecular formula is C12H12Cl2FNO. The van der Waals surface area contributed by atoms with Crippen molar-refractivity contribution in [2.45, 2.75) is 18.2 Å². The van der Waals surface area contributed by atoms with Crippen molar-refractivity contribution in [2.75, 3.05) is 6.54 Å². The molecule has 1 atom stereocenters. The third kappa shape index (κ3) is 3.11. The van der Waals surface area contributed by atoms with Crippen LogP contribution in [0.2, 0.25) is 5.02 Å². The van der Waals surface area contributed by atoms with Gasteiger partial charge in [-0.05, 0) is 30.9 Å². The second kappa shape index (κ2) is 5.23. The van der Waals surface area contributed by atoms with Gasteiger partial charge in [-0.1, -0.05) is 17.7 Å². The molecular weight excluding hydrogens is 264 g/mol. The summed E-state index contributed by atoms with van der Waals surface area (Å²) in [5.41, 5.74) is 0.145. The van der Waals surface area contributed by atoms with Gasteiger partial charge in [-0.25, -0.2) is 4.39 Å². The van der Waals surface area contributed by atoms with Gasteiger partial charge in [0.15, 0.2) is 0 Å². The van der Waals surface area contributed by atoms with E-state index < -0.39 is 5.82 Å². The van der Waals surface area contributed by atoms with Crippen molar-refractivity contribution in [3.8, 4) is 0 Å². The summed E-state index contributed by atoms with van der Waals surface area (Å²) in [5, 5.41) is 2.47. The maximum absolute atomic E-state index is 13.1. The Labute approximate surface area is 109 Å². The number of hydrogen-bond donors (Lipinski definition) is 1. The summed E-state index contributed by atoms with van der Waals surface area (Å²) < 4.78 is 13.1. The van der Waals surface area contributed by atoms with Crippen molar-refractivity contribution >= 4 is 29.1 Å². The highest BCUT2D eigenvalue weighted by molar-refractivity contribution is 6.34. The van der Waals surface area contributed by atoms with E-state index in [1.165, 1.54) is 18.2 Å². The van der Waals surface area contributed by atoms with Crippen LogP contribution in [0.15, 0.2) is 18.2 Å². The first-order valence-corrected chi connectivity index (χ1v) is 6.27. The number of carbonyl (C=O) groups excluding carboxylic acids is 1. The monoisotopic (exact) mass is 275 g/mol. The molecule has 1 N–H and O–H groups in total. The molecule has 17 heavy (non-hydrogen) atoms. The number of halogens is 3. The first-order chi connectivity index (χ1) is 8.09. The Morgan fingerprint density at radius 1 is 1.53 bits per heavy atom. The van der Waals surface area contributed by atoms with Crippen molar-refractivity contribution in [1.82, 2.24) is 5.32 Å². The minimum atomic E-state index is -0.594. The van der Waals surface area contributed by atoms with Gasteiger partial charge in [-0.3, -0.25) is 4.79 Å². The number of benzene rings is 1. The Morgan fingerprint density at radius 3 is 2.88 bits per heavy atom. The van der Waals surface area contributed by atoms with Crippen LogP contribution in [0.5, 0.6) is 0 Å². The highest BCUT2D eigenvalue weighted by Gasteiger charge is 2.29. The smallest absolute Gasteiger partial charge is 0.252 e. The number of alkyl halides is 1. The number of nitrogens with one attached hydrogen (secondary N) is 1. The van der Waals surface area contributed by atoms with E-state index >= 15 is 0 Å². The molecule has 0 bridgehead atoms. The molecule has 0 radical (unpaired) electrons. The predicted octanol–water partition coefficient (Wildman–Crippen LogP) is 3.23. The number of amides is 1. The van der Waals surface area contributed by atoms with Crippen molar-refractivity contribution < 1.29 is 9.18 Å². The van der Waals surface area contributed by atoms with Crippen LogP contribution in [-0.4, -0.2) is 17.8 Å². The van der Waals surface area contributed by atoms with Gasteiger partial charge in [0.25, 0.3) is 5.91 Å². The van der Waals surface area contributed by atoms with E-state index in [1.54, 1.807) is 0 Å². The fourth-order valence-corrected chi connectivity index (χ4v) is 2.13. The molecule has 2 rings (SSSR count). The average Bonchev–Trinajstić information content (AvgIpc) is 3.13. The highest BCUT2D eigenvalue weighted by Crippen LogP contribution is 2.35. The van der Waals surface area contributed by atoms with Crippen molar-refractivity contribution in [1.29, 1.82) is 0 Å². The van der Waals surface area contributed by atoms with E-state index in [2.05, 4.69) is 5.32 Å². The molecule has 92 valence electrons. The molecule has 1 unspecified atom stereocenters. The zero-order valence-corrected chi connectivity index (χ0v) is 10.6. The zero-order valence-electron chi connectivity index (χ0n) is 9.05. The predicted molar refractivity (Wildman–Crippen MR) is 66.1 cm³/mol. The van der Waals surface area contributed by atoms with Gasteiger partial charge in [-0.15, -0.1) is 11.6 Å². The van der Waals surface area contributed by atoms with E-state index in [4.69, 9.17) is 23.2 Å². The van der Waals surface area contributed by atoms with Crippen molar-refractivity contribution in [3.63, 3.8) is 0 Å². The summed E-state index contributed by atoms with van der Waals surface area (Å²) in [6.45, 7) is 0.387. The van der Waals surface area contributed by atoms with Crippen LogP contribution < -0.4 is 5.32 Å². The molecule has 1 aliphatic rings. The minimum absolute atomic E-state index is 0.0497. The number of carbonyl (C=O) groups is 1. The lowest BCUT2D eigenvalue weighted by Crippen LogP contribution is -2.30. The Morgan fingerprint density at radius 2 is 2.24 bits per heavy atom. The SMILES string of the molecule is O=C(NCC(Cl)C1CC1)c1cccc(F)c1Cl. The molecule has 1 aromatic rings. The van der Waals surface area contributed by atoms with Crippen LogP contribution in [0.1, 0.15) is 23.2 Å². The van der Waals surface area contributed by atoms with Gasteiger partial charge in [-0.2, -0.15) is 0 Å². The fourth-order valence-electron chi connectivity index (χ4n) is 1.59.